The van der Waals surface area contributed by atoms with Crippen LogP contribution in [0.4, 0.5) is 5.95 Å². The number of hydrogen-bond donors (Lipinski definition) is 0. The molecule has 0 saturated heterocycles. The highest BCUT2D eigenvalue weighted by Crippen LogP contribution is 2.05. The Morgan fingerprint density at radius 3 is 2.74 bits per heavy atom. The first kappa shape index (κ1) is 19.2. The van der Waals surface area contributed by atoms with Gasteiger partial charge in [-0.2, -0.15) is 4.98 Å². The summed E-state index contributed by atoms with van der Waals surface area (Å²) in [6, 6.07) is 0. The molecule has 23 heavy (non-hydrogen) atoms. The predicted octanol–water partition coefficient (Wildman–Crippen LogP) is -2.45. The molecule has 0 aliphatic carbocycles. The first-order valence-corrected chi connectivity index (χ1v) is 7.42. The minimum Gasteiger partial charge on any atom is -1.00 e. The molecule has 2 rings (SSSR count). The second-order valence-electron chi connectivity index (χ2n) is 5.56. The molecule has 0 radical (unpaired) electrons. The molecule has 0 aromatic carbocycles. The minimum absolute atomic E-state index is 0. The molecule has 126 valence electrons. The van der Waals surface area contributed by atoms with Gasteiger partial charge in [-0.25, -0.2) is 19.1 Å². The predicted molar refractivity (Wildman–Crippen MR) is 82.3 cm³/mol. The van der Waals surface area contributed by atoms with Crippen molar-refractivity contribution in [3.8, 4) is 0 Å². The molecule has 0 unspecified atom stereocenters. The summed E-state index contributed by atoms with van der Waals surface area (Å²) >= 11 is 0. The van der Waals surface area contributed by atoms with E-state index in [4.69, 9.17) is 0 Å². The van der Waals surface area contributed by atoms with Gasteiger partial charge in [0, 0.05) is 33.4 Å². The van der Waals surface area contributed by atoms with Gasteiger partial charge in [-0.3, -0.25) is 4.79 Å². The third kappa shape index (κ3) is 6.43. The van der Waals surface area contributed by atoms with Crippen molar-refractivity contribution in [2.45, 2.75) is 32.2 Å². The summed E-state index contributed by atoms with van der Waals surface area (Å²) in [4.78, 5) is 26.3. The number of ketones is 1. The summed E-state index contributed by atoms with van der Waals surface area (Å²) < 4.78 is 3.99. The van der Waals surface area contributed by atoms with E-state index in [1.54, 1.807) is 0 Å². The van der Waals surface area contributed by atoms with Crippen molar-refractivity contribution >= 4 is 11.7 Å². The summed E-state index contributed by atoms with van der Waals surface area (Å²) in [5.74, 6) is 1.67. The highest BCUT2D eigenvalue weighted by molar-refractivity contribution is 5.78. The van der Waals surface area contributed by atoms with Crippen molar-refractivity contribution in [3.05, 3.63) is 30.9 Å². The van der Waals surface area contributed by atoms with Gasteiger partial charge >= 0.3 is 0 Å². The van der Waals surface area contributed by atoms with Crippen LogP contribution in [0.2, 0.25) is 0 Å². The largest absolute Gasteiger partial charge is 1.00 e. The number of aryl methyl sites for hydroxylation is 3. The number of nitrogens with zero attached hydrogens (tertiary/aromatic N) is 6. The van der Waals surface area contributed by atoms with Crippen LogP contribution >= 0.6 is 0 Å². The summed E-state index contributed by atoms with van der Waals surface area (Å²) in [7, 11) is 5.75. The zero-order valence-electron chi connectivity index (χ0n) is 13.8. The number of imidazole rings is 1. The molecule has 7 nitrogen and oxygen atoms in total. The molecule has 0 aliphatic heterocycles. The lowest BCUT2D eigenvalue weighted by atomic mass is 10.1. The lowest BCUT2D eigenvalue weighted by Crippen LogP contribution is -3.00. The van der Waals surface area contributed by atoms with E-state index >= 15 is 0 Å². The number of anilines is 1. The fraction of sp³-hybridized carbons (Fsp3) is 0.533. The molecule has 0 saturated carbocycles. The first-order valence-electron chi connectivity index (χ1n) is 7.42. The Labute approximate surface area is 147 Å². The van der Waals surface area contributed by atoms with Crippen LogP contribution < -0.4 is 26.4 Å². The van der Waals surface area contributed by atoms with Crippen LogP contribution in [-0.2, 0) is 24.8 Å². The van der Waals surface area contributed by atoms with Crippen LogP contribution in [0.1, 0.15) is 25.1 Å². The van der Waals surface area contributed by atoms with Gasteiger partial charge in [-0.15, -0.1) is 0 Å². The standard InChI is InChI=1S/C15H23N6O.BrH/c1-19(2)15-17-11-16-14(18-15)6-4-5-13(22)7-8-21-10-9-20(3)12-21;/h9-12H,4-8H2,1-3H3;1H/q+1;/p-1. The smallest absolute Gasteiger partial charge is 0.243 e. The number of Topliss-reactive ketones (excluding diaryl/α,β-unsaturated/α-hetero) is 1. The fourth-order valence-electron chi connectivity index (χ4n) is 2.11. The maximum atomic E-state index is 11.9. The number of carbonyl (C=O) groups is 1. The fourth-order valence-corrected chi connectivity index (χ4v) is 2.11. The molecule has 2 aromatic rings. The lowest BCUT2D eigenvalue weighted by molar-refractivity contribution is -0.671. The van der Waals surface area contributed by atoms with E-state index in [-0.39, 0.29) is 22.8 Å². The Hall–Kier alpha value is -1.83. The van der Waals surface area contributed by atoms with Crippen molar-refractivity contribution in [1.29, 1.82) is 0 Å². The van der Waals surface area contributed by atoms with Gasteiger partial charge in [0.2, 0.25) is 12.3 Å². The lowest BCUT2D eigenvalue weighted by Gasteiger charge is -2.09. The van der Waals surface area contributed by atoms with Gasteiger partial charge in [0.1, 0.15) is 30.3 Å². The zero-order valence-corrected chi connectivity index (χ0v) is 15.4. The number of hydrogen-bond acceptors (Lipinski definition) is 5. The Morgan fingerprint density at radius 2 is 2.09 bits per heavy atom. The molecule has 2 aromatic heterocycles. The van der Waals surface area contributed by atoms with E-state index in [0.29, 0.717) is 25.2 Å². The topological polar surface area (TPSA) is 67.8 Å². The van der Waals surface area contributed by atoms with Crippen LogP contribution in [0.3, 0.4) is 0 Å². The van der Waals surface area contributed by atoms with Gasteiger partial charge in [-0.05, 0) is 6.42 Å². The van der Waals surface area contributed by atoms with Gasteiger partial charge < -0.3 is 21.9 Å². The summed E-state index contributed by atoms with van der Waals surface area (Å²) in [5, 5.41) is 0. The zero-order chi connectivity index (χ0) is 15.9. The quantitative estimate of drug-likeness (QED) is 0.474. The van der Waals surface area contributed by atoms with E-state index in [9.17, 15) is 4.79 Å². The molecule has 0 bridgehead atoms. The molecule has 0 fully saturated rings. The third-order valence-corrected chi connectivity index (χ3v) is 3.34. The van der Waals surface area contributed by atoms with Gasteiger partial charge in [0.25, 0.3) is 0 Å². The molecular weight excluding hydrogens is 360 g/mol. The summed E-state index contributed by atoms with van der Waals surface area (Å²) in [6.07, 6.45) is 10.0. The van der Waals surface area contributed by atoms with Crippen LogP contribution in [-0.4, -0.2) is 39.4 Å². The van der Waals surface area contributed by atoms with Crippen LogP contribution in [0, 0.1) is 0 Å². The van der Waals surface area contributed by atoms with Crippen molar-refractivity contribution in [2.24, 2.45) is 7.05 Å². The second kappa shape index (κ2) is 9.34. The number of halogens is 1. The molecule has 0 N–H and O–H groups in total. The van der Waals surface area contributed by atoms with Crippen molar-refractivity contribution < 1.29 is 26.3 Å². The molecule has 2 heterocycles. The molecule has 0 aliphatic rings. The minimum atomic E-state index is 0. The number of rotatable bonds is 8. The Balaban J connectivity index is 0.00000264. The van der Waals surface area contributed by atoms with Gasteiger partial charge in [0.15, 0.2) is 0 Å². The van der Waals surface area contributed by atoms with E-state index < -0.39 is 0 Å². The van der Waals surface area contributed by atoms with E-state index in [1.807, 2.05) is 53.9 Å². The average molecular weight is 383 g/mol. The Bertz CT molecular complexity index is 628. The highest BCUT2D eigenvalue weighted by atomic mass is 79.9. The molecule has 0 spiro atoms. The van der Waals surface area contributed by atoms with Gasteiger partial charge in [-0.1, -0.05) is 0 Å². The van der Waals surface area contributed by atoms with E-state index in [1.165, 1.54) is 6.33 Å². The van der Waals surface area contributed by atoms with Crippen LogP contribution in [0.5, 0.6) is 0 Å². The van der Waals surface area contributed by atoms with Crippen molar-refractivity contribution in [3.63, 3.8) is 0 Å². The van der Waals surface area contributed by atoms with Gasteiger partial charge in [0.05, 0.1) is 13.6 Å². The summed E-state index contributed by atoms with van der Waals surface area (Å²) in [5.41, 5.74) is 0. The SMILES string of the molecule is CN(C)c1ncnc(CCCC(=O)CCn2cc[n+](C)c2)n1.[Br-]. The van der Waals surface area contributed by atoms with Crippen molar-refractivity contribution in [2.75, 3.05) is 19.0 Å². The Kier molecular flexibility index (Phi) is 7.80. The normalized spacial score (nSPS) is 10.2. The van der Waals surface area contributed by atoms with Crippen LogP contribution in [0.15, 0.2) is 25.0 Å². The third-order valence-electron chi connectivity index (χ3n) is 3.34. The maximum absolute atomic E-state index is 11.9. The number of carbonyl (C=O) groups excluding carboxylic acids is 1. The monoisotopic (exact) mass is 382 g/mol. The van der Waals surface area contributed by atoms with E-state index in [0.717, 1.165) is 18.8 Å². The molecular formula is C15H23BrN6O. The van der Waals surface area contributed by atoms with Crippen molar-refractivity contribution in [1.82, 2.24) is 19.5 Å². The second-order valence-corrected chi connectivity index (χ2v) is 5.56. The molecule has 0 amide bonds. The number of aromatic nitrogens is 5. The Morgan fingerprint density at radius 1 is 1.30 bits per heavy atom. The van der Waals surface area contributed by atoms with Crippen LogP contribution in [0.25, 0.3) is 0 Å². The van der Waals surface area contributed by atoms with E-state index in [2.05, 4.69) is 15.0 Å². The highest BCUT2D eigenvalue weighted by Gasteiger charge is 2.08. The summed E-state index contributed by atoms with van der Waals surface area (Å²) in [6.45, 7) is 0.732. The maximum Gasteiger partial charge on any atom is 0.243 e. The first-order chi connectivity index (χ1) is 10.5. The molecule has 8 heteroatoms. The molecule has 0 atom stereocenters. The average Bonchev–Trinajstić information content (AvgIpc) is 2.91.